The van der Waals surface area contributed by atoms with Crippen LogP contribution in [0, 0.1) is 6.92 Å². The molecule has 0 saturated heterocycles. The number of halogens is 1. The van der Waals surface area contributed by atoms with Gasteiger partial charge in [-0.05, 0) is 41.1 Å². The van der Waals surface area contributed by atoms with Gasteiger partial charge < -0.3 is 14.0 Å². The fraction of sp³-hybridized carbons (Fsp3) is 0.231. The lowest BCUT2D eigenvalue weighted by Gasteiger charge is -2.05. The van der Waals surface area contributed by atoms with Crippen molar-refractivity contribution in [2.45, 2.75) is 6.92 Å². The highest BCUT2D eigenvalue weighted by Gasteiger charge is 2.23. The molecule has 0 unspecified atom stereocenters. The third-order valence-electron chi connectivity index (χ3n) is 2.68. The summed E-state index contributed by atoms with van der Waals surface area (Å²) in [7, 11) is 2.91. The van der Waals surface area contributed by atoms with Crippen LogP contribution in [0.15, 0.2) is 27.2 Å². The lowest BCUT2D eigenvalue weighted by molar-refractivity contribution is 0.0599. The van der Waals surface area contributed by atoms with Gasteiger partial charge in [0.1, 0.15) is 22.8 Å². The van der Waals surface area contributed by atoms with Crippen LogP contribution < -0.4 is 4.74 Å². The molecular weight excluding hydrogens is 314 g/mol. The molecule has 19 heavy (non-hydrogen) atoms. The molecule has 0 spiro atoms. The molecule has 0 atom stereocenters. The molecule has 100 valence electrons. The SMILES string of the molecule is COC(=O)c1c(-c2ccc(OC)cc2Br)noc1C. The van der Waals surface area contributed by atoms with Gasteiger partial charge in [0.15, 0.2) is 0 Å². The zero-order chi connectivity index (χ0) is 14.0. The van der Waals surface area contributed by atoms with Gasteiger partial charge in [-0.3, -0.25) is 0 Å². The monoisotopic (exact) mass is 325 g/mol. The third-order valence-corrected chi connectivity index (χ3v) is 3.34. The van der Waals surface area contributed by atoms with Crippen LogP contribution in [0.5, 0.6) is 5.75 Å². The van der Waals surface area contributed by atoms with Crippen molar-refractivity contribution in [1.82, 2.24) is 5.16 Å². The van der Waals surface area contributed by atoms with E-state index < -0.39 is 5.97 Å². The Morgan fingerprint density at radius 3 is 2.68 bits per heavy atom. The number of carbonyl (C=O) groups is 1. The fourth-order valence-electron chi connectivity index (χ4n) is 1.71. The van der Waals surface area contributed by atoms with Crippen LogP contribution in [0.2, 0.25) is 0 Å². The van der Waals surface area contributed by atoms with Crippen molar-refractivity contribution in [3.05, 3.63) is 34.0 Å². The Hall–Kier alpha value is -1.82. The van der Waals surface area contributed by atoms with Crippen molar-refractivity contribution in [1.29, 1.82) is 0 Å². The zero-order valence-electron chi connectivity index (χ0n) is 10.7. The summed E-state index contributed by atoms with van der Waals surface area (Å²) in [5.41, 5.74) is 1.50. The van der Waals surface area contributed by atoms with Crippen molar-refractivity contribution < 1.29 is 18.8 Å². The highest BCUT2D eigenvalue weighted by Crippen LogP contribution is 2.34. The lowest BCUT2D eigenvalue weighted by Crippen LogP contribution is -2.03. The second kappa shape index (κ2) is 5.44. The maximum atomic E-state index is 11.8. The van der Waals surface area contributed by atoms with E-state index in [1.165, 1.54) is 7.11 Å². The average Bonchev–Trinajstić information content (AvgIpc) is 2.79. The standard InChI is InChI=1S/C13H12BrNO4/c1-7-11(13(16)18-3)12(15-19-7)9-5-4-8(17-2)6-10(9)14/h4-6H,1-3H3. The molecule has 5 nitrogen and oxygen atoms in total. The number of rotatable bonds is 3. The molecule has 2 aromatic rings. The predicted octanol–water partition coefficient (Wildman–Crippen LogP) is 3.21. The molecule has 1 heterocycles. The van der Waals surface area contributed by atoms with Crippen LogP contribution in [0.3, 0.4) is 0 Å². The molecule has 2 rings (SSSR count). The molecule has 0 bridgehead atoms. The number of carbonyl (C=O) groups excluding carboxylic acids is 1. The topological polar surface area (TPSA) is 61.6 Å². The number of aryl methyl sites for hydroxylation is 1. The van der Waals surface area contributed by atoms with E-state index in [9.17, 15) is 4.79 Å². The number of esters is 1. The molecule has 1 aromatic carbocycles. The molecule has 0 radical (unpaired) electrons. The molecule has 6 heteroatoms. The van der Waals surface area contributed by atoms with Gasteiger partial charge in [-0.15, -0.1) is 0 Å². The van der Waals surface area contributed by atoms with Gasteiger partial charge >= 0.3 is 5.97 Å². The van der Waals surface area contributed by atoms with Crippen LogP contribution in [0.1, 0.15) is 16.1 Å². The average molecular weight is 326 g/mol. The Morgan fingerprint density at radius 2 is 2.11 bits per heavy atom. The number of methoxy groups -OCH3 is 2. The number of ether oxygens (including phenoxy) is 2. The van der Waals surface area contributed by atoms with Crippen LogP contribution in [-0.4, -0.2) is 25.3 Å². The van der Waals surface area contributed by atoms with Crippen LogP contribution in [0.25, 0.3) is 11.3 Å². The maximum absolute atomic E-state index is 11.8. The van der Waals surface area contributed by atoms with Crippen LogP contribution in [-0.2, 0) is 4.74 Å². The minimum atomic E-state index is -0.475. The van der Waals surface area contributed by atoms with Gasteiger partial charge in [0.2, 0.25) is 0 Å². The van der Waals surface area contributed by atoms with E-state index in [1.54, 1.807) is 32.2 Å². The second-order valence-corrected chi connectivity index (χ2v) is 4.65. The summed E-state index contributed by atoms with van der Waals surface area (Å²) in [4.78, 5) is 11.8. The summed E-state index contributed by atoms with van der Waals surface area (Å²) in [6.45, 7) is 1.67. The predicted molar refractivity (Wildman–Crippen MR) is 72.3 cm³/mol. The van der Waals surface area contributed by atoms with Gasteiger partial charge in [0.25, 0.3) is 0 Å². The van der Waals surface area contributed by atoms with Gasteiger partial charge in [0, 0.05) is 10.0 Å². The molecule has 0 aliphatic rings. The van der Waals surface area contributed by atoms with Gasteiger partial charge in [-0.2, -0.15) is 0 Å². The number of aromatic nitrogens is 1. The Balaban J connectivity index is 2.56. The minimum Gasteiger partial charge on any atom is -0.497 e. The summed E-state index contributed by atoms with van der Waals surface area (Å²) < 4.78 is 15.7. The second-order valence-electron chi connectivity index (χ2n) is 3.80. The summed E-state index contributed by atoms with van der Waals surface area (Å²) in [6.07, 6.45) is 0. The summed E-state index contributed by atoms with van der Waals surface area (Å²) >= 11 is 3.43. The molecule has 0 aliphatic carbocycles. The number of hydrogen-bond acceptors (Lipinski definition) is 5. The third kappa shape index (κ3) is 2.49. The maximum Gasteiger partial charge on any atom is 0.343 e. The van der Waals surface area contributed by atoms with Gasteiger partial charge in [0.05, 0.1) is 14.2 Å². The number of nitrogens with zero attached hydrogens (tertiary/aromatic N) is 1. The first-order valence-corrected chi connectivity index (χ1v) is 6.26. The molecule has 0 amide bonds. The summed E-state index contributed by atoms with van der Waals surface area (Å²) in [5.74, 6) is 0.650. The first-order chi connectivity index (χ1) is 9.08. The van der Waals surface area contributed by atoms with E-state index in [2.05, 4.69) is 21.1 Å². The molecule has 0 saturated carbocycles. The van der Waals surface area contributed by atoms with E-state index in [1.807, 2.05) is 0 Å². The molecular formula is C13H12BrNO4. The summed E-state index contributed by atoms with van der Waals surface area (Å²) in [5, 5.41) is 3.92. The first kappa shape index (κ1) is 13.6. The Morgan fingerprint density at radius 1 is 1.37 bits per heavy atom. The van der Waals surface area contributed by atoms with E-state index in [0.717, 1.165) is 10.0 Å². The highest BCUT2D eigenvalue weighted by molar-refractivity contribution is 9.10. The molecule has 1 aromatic heterocycles. The van der Waals surface area contributed by atoms with E-state index in [-0.39, 0.29) is 0 Å². The molecule has 0 N–H and O–H groups in total. The molecule has 0 aliphatic heterocycles. The van der Waals surface area contributed by atoms with Crippen LogP contribution in [0.4, 0.5) is 0 Å². The molecule has 0 fully saturated rings. The Kier molecular flexibility index (Phi) is 3.90. The number of benzene rings is 1. The largest absolute Gasteiger partial charge is 0.497 e. The van der Waals surface area contributed by atoms with E-state index in [0.29, 0.717) is 22.8 Å². The summed E-state index contributed by atoms with van der Waals surface area (Å²) in [6, 6.07) is 5.37. The van der Waals surface area contributed by atoms with Crippen molar-refractivity contribution in [2.75, 3.05) is 14.2 Å². The van der Waals surface area contributed by atoms with Crippen molar-refractivity contribution >= 4 is 21.9 Å². The fourth-order valence-corrected chi connectivity index (χ4v) is 2.26. The van der Waals surface area contributed by atoms with Crippen LogP contribution >= 0.6 is 15.9 Å². The highest BCUT2D eigenvalue weighted by atomic mass is 79.9. The lowest BCUT2D eigenvalue weighted by atomic mass is 10.1. The first-order valence-electron chi connectivity index (χ1n) is 5.47. The minimum absolute atomic E-state index is 0.327. The Labute approximate surface area is 118 Å². The number of hydrogen-bond donors (Lipinski definition) is 0. The smallest absolute Gasteiger partial charge is 0.343 e. The zero-order valence-corrected chi connectivity index (χ0v) is 12.3. The van der Waals surface area contributed by atoms with Crippen molar-refractivity contribution in [3.8, 4) is 17.0 Å². The van der Waals surface area contributed by atoms with E-state index in [4.69, 9.17) is 14.0 Å². The van der Waals surface area contributed by atoms with Crippen molar-refractivity contribution in [3.63, 3.8) is 0 Å². The van der Waals surface area contributed by atoms with Gasteiger partial charge in [-0.1, -0.05) is 5.16 Å². The van der Waals surface area contributed by atoms with E-state index >= 15 is 0 Å². The normalized spacial score (nSPS) is 10.3. The van der Waals surface area contributed by atoms with Crippen molar-refractivity contribution in [2.24, 2.45) is 0 Å². The van der Waals surface area contributed by atoms with Gasteiger partial charge in [-0.25, -0.2) is 4.79 Å². The quantitative estimate of drug-likeness (QED) is 0.811. The Bertz CT molecular complexity index is 621.